The molecule has 2 heterocycles. The summed E-state index contributed by atoms with van der Waals surface area (Å²) in [6, 6.07) is 3.64. The van der Waals surface area contributed by atoms with E-state index in [9.17, 15) is 5.21 Å². The van der Waals surface area contributed by atoms with Crippen molar-refractivity contribution in [1.82, 2.24) is 0 Å². The summed E-state index contributed by atoms with van der Waals surface area (Å²) in [5.41, 5.74) is 1.37. The van der Waals surface area contributed by atoms with Gasteiger partial charge in [0, 0.05) is 36.8 Å². The van der Waals surface area contributed by atoms with Crippen molar-refractivity contribution in [2.24, 2.45) is 0 Å². The molecule has 2 rings (SSSR count). The van der Waals surface area contributed by atoms with Crippen LogP contribution in [0.2, 0.25) is 0 Å². The number of hydrogen-bond acceptors (Lipinski definition) is 4. The van der Waals surface area contributed by atoms with Gasteiger partial charge in [-0.2, -0.15) is 4.73 Å². The summed E-state index contributed by atoms with van der Waals surface area (Å²) < 4.78 is 6.00. The molecule has 0 radical (unpaired) electrons. The first kappa shape index (κ1) is 10.9. The minimum atomic E-state index is -0.302. The molecular formula is C9H11ClN2O2S. The predicted molar refractivity (Wildman–Crippen MR) is 60.7 cm³/mol. The molecule has 1 unspecified atom stereocenters. The maximum atomic E-state index is 11.2. The molecular weight excluding hydrogens is 236 g/mol. The molecule has 1 fully saturated rings. The van der Waals surface area contributed by atoms with Crippen molar-refractivity contribution in [2.45, 2.75) is 12.5 Å². The molecule has 0 aliphatic carbocycles. The van der Waals surface area contributed by atoms with Crippen LogP contribution in [-0.2, 0) is 4.18 Å². The van der Waals surface area contributed by atoms with Gasteiger partial charge in [0.15, 0.2) is 17.5 Å². The smallest absolute Gasteiger partial charge is 0.191 e. The lowest BCUT2D eigenvalue weighted by Crippen LogP contribution is -2.36. The first-order chi connectivity index (χ1) is 7.16. The molecule has 4 nitrogen and oxygen atoms in total. The van der Waals surface area contributed by atoms with Gasteiger partial charge in [-0.25, -0.2) is 0 Å². The van der Waals surface area contributed by atoms with Crippen molar-refractivity contribution < 1.29 is 8.91 Å². The molecule has 0 aromatic carbocycles. The van der Waals surface area contributed by atoms with Gasteiger partial charge < -0.3 is 10.1 Å². The molecule has 0 bridgehead atoms. The quantitative estimate of drug-likeness (QED) is 0.327. The molecule has 0 amide bonds. The summed E-state index contributed by atoms with van der Waals surface area (Å²) in [4.78, 5) is 2.08. The number of alkyl halides is 1. The van der Waals surface area contributed by atoms with E-state index in [0.29, 0.717) is 12.2 Å². The fourth-order valence-electron chi connectivity index (χ4n) is 1.39. The van der Waals surface area contributed by atoms with Crippen LogP contribution >= 0.6 is 23.6 Å². The fourth-order valence-corrected chi connectivity index (χ4v) is 2.36. The van der Waals surface area contributed by atoms with E-state index in [-0.39, 0.29) is 5.56 Å². The molecule has 15 heavy (non-hydrogen) atoms. The third-order valence-corrected chi connectivity index (χ3v) is 3.31. The standard InChI is InChI=1S/C9H11ClN2O2S/c1-7-4-8(2-3-12(7)13)11-5-9(10)14-15-6-11/h2-4,9H,5-6H2,1H3. The van der Waals surface area contributed by atoms with Crippen LogP contribution in [0.1, 0.15) is 5.69 Å². The Hall–Kier alpha value is -0.650. The second kappa shape index (κ2) is 4.47. The zero-order chi connectivity index (χ0) is 10.8. The molecule has 1 aromatic rings. The Kier molecular flexibility index (Phi) is 3.23. The van der Waals surface area contributed by atoms with E-state index < -0.39 is 0 Å². The van der Waals surface area contributed by atoms with Crippen LogP contribution in [0.15, 0.2) is 18.3 Å². The maximum Gasteiger partial charge on any atom is 0.191 e. The Bertz CT molecular complexity index is 364. The van der Waals surface area contributed by atoms with E-state index in [1.54, 1.807) is 13.0 Å². The van der Waals surface area contributed by atoms with Crippen molar-refractivity contribution in [3.63, 3.8) is 0 Å². The van der Waals surface area contributed by atoms with Crippen LogP contribution in [0.25, 0.3) is 0 Å². The van der Waals surface area contributed by atoms with Crippen molar-refractivity contribution in [3.8, 4) is 0 Å². The highest BCUT2D eigenvalue weighted by atomic mass is 35.5. The average molecular weight is 247 g/mol. The predicted octanol–water partition coefficient (Wildman–Crippen LogP) is 1.64. The van der Waals surface area contributed by atoms with Crippen LogP contribution in [0, 0.1) is 12.1 Å². The van der Waals surface area contributed by atoms with E-state index in [0.717, 1.165) is 16.3 Å². The van der Waals surface area contributed by atoms with E-state index in [1.807, 2.05) is 6.07 Å². The van der Waals surface area contributed by atoms with Crippen molar-refractivity contribution in [1.29, 1.82) is 0 Å². The van der Waals surface area contributed by atoms with Crippen LogP contribution in [0.4, 0.5) is 5.69 Å². The van der Waals surface area contributed by atoms with Crippen molar-refractivity contribution in [2.75, 3.05) is 17.3 Å². The third-order valence-electron chi connectivity index (χ3n) is 2.20. The number of hydrogen-bond donors (Lipinski definition) is 0. The van der Waals surface area contributed by atoms with Gasteiger partial charge in [-0.05, 0) is 0 Å². The number of rotatable bonds is 1. The molecule has 0 spiro atoms. The normalized spacial score (nSPS) is 21.7. The number of aromatic nitrogens is 1. The third kappa shape index (κ3) is 2.48. The zero-order valence-corrected chi connectivity index (χ0v) is 9.79. The van der Waals surface area contributed by atoms with Crippen molar-refractivity contribution in [3.05, 3.63) is 29.2 Å². The van der Waals surface area contributed by atoms with Gasteiger partial charge in [0.25, 0.3) is 0 Å². The summed E-state index contributed by atoms with van der Waals surface area (Å²) in [7, 11) is 0. The molecule has 6 heteroatoms. The second-order valence-electron chi connectivity index (χ2n) is 3.33. The Morgan fingerprint density at radius 3 is 3.20 bits per heavy atom. The lowest BCUT2D eigenvalue weighted by molar-refractivity contribution is -0.612. The van der Waals surface area contributed by atoms with Crippen LogP contribution < -0.4 is 9.63 Å². The SMILES string of the molecule is Cc1cc(N2CSOC(Cl)C2)cc[n+]1[O-]. The minimum Gasteiger partial charge on any atom is -0.619 e. The largest absolute Gasteiger partial charge is 0.619 e. The first-order valence-electron chi connectivity index (χ1n) is 4.54. The van der Waals surface area contributed by atoms with Crippen LogP contribution in [0.5, 0.6) is 0 Å². The lowest BCUT2D eigenvalue weighted by Gasteiger charge is -2.30. The van der Waals surface area contributed by atoms with E-state index in [2.05, 4.69) is 4.90 Å². The number of pyridine rings is 1. The van der Waals surface area contributed by atoms with E-state index in [4.69, 9.17) is 15.8 Å². The Morgan fingerprint density at radius 1 is 1.73 bits per heavy atom. The monoisotopic (exact) mass is 246 g/mol. The van der Waals surface area contributed by atoms with Crippen LogP contribution in [-0.4, -0.2) is 18.0 Å². The zero-order valence-electron chi connectivity index (χ0n) is 8.22. The van der Waals surface area contributed by atoms with Gasteiger partial charge in [0.1, 0.15) is 0 Å². The first-order valence-corrected chi connectivity index (χ1v) is 5.88. The molecule has 1 saturated heterocycles. The summed E-state index contributed by atoms with van der Waals surface area (Å²) in [6.45, 7) is 2.42. The summed E-state index contributed by atoms with van der Waals surface area (Å²) >= 11 is 7.21. The van der Waals surface area contributed by atoms with Crippen LogP contribution in [0.3, 0.4) is 0 Å². The van der Waals surface area contributed by atoms with Gasteiger partial charge in [0.2, 0.25) is 0 Å². The summed E-state index contributed by atoms with van der Waals surface area (Å²) in [5.74, 6) is 0.728. The van der Waals surface area contributed by atoms with Gasteiger partial charge in [-0.1, -0.05) is 11.6 Å². The minimum absolute atomic E-state index is 0.302. The highest BCUT2D eigenvalue weighted by Crippen LogP contribution is 2.25. The van der Waals surface area contributed by atoms with Gasteiger partial charge >= 0.3 is 0 Å². The molecule has 0 saturated carbocycles. The van der Waals surface area contributed by atoms with Gasteiger partial charge in [0.05, 0.1) is 12.4 Å². The summed E-state index contributed by atoms with van der Waals surface area (Å²) in [5, 5.41) is 11.2. The number of nitrogens with zero attached hydrogens (tertiary/aromatic N) is 2. The van der Waals surface area contributed by atoms with E-state index in [1.165, 1.54) is 18.2 Å². The van der Waals surface area contributed by atoms with Crippen molar-refractivity contribution >= 4 is 29.3 Å². The molecule has 1 aliphatic heterocycles. The number of anilines is 1. The number of aryl methyl sites for hydroxylation is 1. The van der Waals surface area contributed by atoms with Gasteiger partial charge in [-0.15, -0.1) is 0 Å². The summed E-state index contributed by atoms with van der Waals surface area (Å²) in [6.07, 6.45) is 1.51. The molecule has 1 atom stereocenters. The Labute approximate surface area is 97.6 Å². The number of halogens is 1. The van der Waals surface area contributed by atoms with E-state index >= 15 is 0 Å². The molecule has 1 aromatic heterocycles. The second-order valence-corrected chi connectivity index (χ2v) is 4.50. The Morgan fingerprint density at radius 2 is 2.53 bits per heavy atom. The fraction of sp³-hybridized carbons (Fsp3) is 0.444. The molecule has 1 aliphatic rings. The van der Waals surface area contributed by atoms with Gasteiger partial charge in [-0.3, -0.25) is 4.18 Å². The topological polar surface area (TPSA) is 39.4 Å². The average Bonchev–Trinajstić information content (AvgIpc) is 2.22. The Balaban J connectivity index is 2.18. The maximum absolute atomic E-state index is 11.2. The highest BCUT2D eigenvalue weighted by Gasteiger charge is 2.20. The lowest BCUT2D eigenvalue weighted by atomic mass is 10.3. The highest BCUT2D eigenvalue weighted by molar-refractivity contribution is 7.94. The molecule has 82 valence electrons. The molecule has 0 N–H and O–H groups in total.